The van der Waals surface area contributed by atoms with E-state index >= 15 is 0 Å². The molecule has 0 aliphatic heterocycles. The van der Waals surface area contributed by atoms with Gasteiger partial charge in [0.15, 0.2) is 0 Å². The van der Waals surface area contributed by atoms with Crippen LogP contribution in [0.5, 0.6) is 0 Å². The van der Waals surface area contributed by atoms with Crippen LogP contribution < -0.4 is 0 Å². The fourth-order valence-electron chi connectivity index (χ4n) is 1.73. The lowest BCUT2D eigenvalue weighted by Gasteiger charge is -2.09. The van der Waals surface area contributed by atoms with Crippen molar-refractivity contribution in [1.29, 1.82) is 0 Å². The van der Waals surface area contributed by atoms with Gasteiger partial charge in [0.05, 0.1) is 6.42 Å². The summed E-state index contributed by atoms with van der Waals surface area (Å²) in [5.41, 5.74) is 1.35. The molecule has 0 saturated heterocycles. The summed E-state index contributed by atoms with van der Waals surface area (Å²) in [6, 6.07) is 5.89. The van der Waals surface area contributed by atoms with Gasteiger partial charge in [-0.15, -0.1) is 0 Å². The van der Waals surface area contributed by atoms with Gasteiger partial charge in [-0.2, -0.15) is 4.39 Å². The van der Waals surface area contributed by atoms with Gasteiger partial charge in [0.2, 0.25) is 5.95 Å². The summed E-state index contributed by atoms with van der Waals surface area (Å²) in [7, 11) is 0. The van der Waals surface area contributed by atoms with Gasteiger partial charge in [-0.05, 0) is 23.8 Å². The van der Waals surface area contributed by atoms with Crippen molar-refractivity contribution in [2.45, 2.75) is 6.42 Å². The van der Waals surface area contributed by atoms with Gasteiger partial charge in [-0.1, -0.05) is 29.3 Å². The highest BCUT2D eigenvalue weighted by Gasteiger charge is 2.13. The van der Waals surface area contributed by atoms with Crippen molar-refractivity contribution in [3.05, 3.63) is 52.0 Å². The maximum atomic E-state index is 13.1. The summed E-state index contributed by atoms with van der Waals surface area (Å²) in [5, 5.41) is 9.66. The van der Waals surface area contributed by atoms with Crippen LogP contribution in [0.15, 0.2) is 30.5 Å². The van der Waals surface area contributed by atoms with Crippen molar-refractivity contribution in [3.63, 3.8) is 0 Å². The van der Waals surface area contributed by atoms with E-state index in [1.807, 2.05) is 0 Å². The normalized spacial score (nSPS) is 10.5. The van der Waals surface area contributed by atoms with Crippen LogP contribution in [0.2, 0.25) is 10.0 Å². The van der Waals surface area contributed by atoms with Crippen LogP contribution in [0.3, 0.4) is 0 Å². The average Bonchev–Trinajstić information content (AvgIpc) is 2.30. The summed E-state index contributed by atoms with van der Waals surface area (Å²) in [4.78, 5) is 14.3. The van der Waals surface area contributed by atoms with Crippen molar-refractivity contribution in [2.75, 3.05) is 0 Å². The lowest BCUT2D eigenvalue weighted by atomic mass is 10.00. The molecule has 3 nitrogen and oxygen atoms in total. The minimum absolute atomic E-state index is 0.309. The van der Waals surface area contributed by atoms with Crippen LogP contribution in [0.4, 0.5) is 4.39 Å². The van der Waals surface area contributed by atoms with E-state index in [1.165, 1.54) is 12.3 Å². The molecule has 0 aliphatic carbocycles. The van der Waals surface area contributed by atoms with Crippen molar-refractivity contribution in [1.82, 2.24) is 4.98 Å². The number of aliphatic carboxylic acids is 1. The lowest BCUT2D eigenvalue weighted by molar-refractivity contribution is -0.136. The van der Waals surface area contributed by atoms with E-state index in [9.17, 15) is 9.18 Å². The molecule has 0 atom stereocenters. The Hall–Kier alpha value is -1.65. The number of nitrogens with zero attached hydrogens (tertiary/aromatic N) is 1. The average molecular weight is 300 g/mol. The fraction of sp³-hybridized carbons (Fsp3) is 0.0769. The number of hydrogen-bond donors (Lipinski definition) is 1. The molecular weight excluding hydrogens is 292 g/mol. The topological polar surface area (TPSA) is 50.2 Å². The molecule has 2 rings (SSSR count). The van der Waals surface area contributed by atoms with E-state index < -0.39 is 11.9 Å². The zero-order valence-electron chi connectivity index (χ0n) is 9.53. The van der Waals surface area contributed by atoms with Crippen molar-refractivity contribution in [3.8, 4) is 11.1 Å². The lowest BCUT2D eigenvalue weighted by Crippen LogP contribution is -2.03. The minimum atomic E-state index is -1.06. The Morgan fingerprint density at radius 1 is 1.26 bits per heavy atom. The number of aromatic nitrogens is 1. The molecule has 6 heteroatoms. The third-order valence-electron chi connectivity index (χ3n) is 2.52. The van der Waals surface area contributed by atoms with E-state index in [4.69, 9.17) is 28.3 Å². The maximum Gasteiger partial charge on any atom is 0.307 e. The summed E-state index contributed by atoms with van der Waals surface area (Å²) < 4.78 is 13.1. The molecule has 0 spiro atoms. The number of rotatable bonds is 3. The first-order valence-electron chi connectivity index (χ1n) is 5.29. The molecule has 0 radical (unpaired) electrons. The van der Waals surface area contributed by atoms with Gasteiger partial charge in [0.1, 0.15) is 0 Å². The number of carbonyl (C=O) groups is 1. The zero-order chi connectivity index (χ0) is 14.0. The van der Waals surface area contributed by atoms with Crippen LogP contribution in [-0.4, -0.2) is 16.1 Å². The Balaban J connectivity index is 2.57. The molecule has 1 aromatic carbocycles. The first-order chi connectivity index (χ1) is 8.97. The predicted molar refractivity (Wildman–Crippen MR) is 71.0 cm³/mol. The molecule has 2 aromatic rings. The zero-order valence-corrected chi connectivity index (χ0v) is 11.0. The third-order valence-corrected chi connectivity index (χ3v) is 3.07. The predicted octanol–water partition coefficient (Wildman–Crippen LogP) is 3.82. The number of benzene rings is 1. The summed E-state index contributed by atoms with van der Waals surface area (Å²) in [5.74, 6) is -1.79. The number of halogens is 3. The van der Waals surface area contributed by atoms with Gasteiger partial charge in [0, 0.05) is 27.4 Å². The molecule has 19 heavy (non-hydrogen) atoms. The Morgan fingerprint density at radius 2 is 2.00 bits per heavy atom. The van der Waals surface area contributed by atoms with Crippen molar-refractivity contribution >= 4 is 29.2 Å². The third kappa shape index (κ3) is 3.22. The highest BCUT2D eigenvalue weighted by Crippen LogP contribution is 2.32. The number of pyridine rings is 1. The quantitative estimate of drug-likeness (QED) is 0.877. The second kappa shape index (κ2) is 5.55. The number of carboxylic acids is 1. The summed E-state index contributed by atoms with van der Waals surface area (Å²) in [6.07, 6.45) is 0.955. The van der Waals surface area contributed by atoms with E-state index in [-0.39, 0.29) is 6.42 Å². The Morgan fingerprint density at radius 3 is 2.63 bits per heavy atom. The first kappa shape index (κ1) is 13.8. The summed E-state index contributed by atoms with van der Waals surface area (Å²) in [6.45, 7) is 0. The molecule has 0 amide bonds. The molecule has 1 heterocycles. The van der Waals surface area contributed by atoms with Gasteiger partial charge in [0.25, 0.3) is 0 Å². The van der Waals surface area contributed by atoms with Crippen LogP contribution >= 0.6 is 23.2 Å². The molecule has 0 bridgehead atoms. The monoisotopic (exact) mass is 299 g/mol. The fourth-order valence-corrected chi connectivity index (χ4v) is 2.24. The van der Waals surface area contributed by atoms with Gasteiger partial charge < -0.3 is 5.11 Å². The Labute approximate surface area is 118 Å². The van der Waals surface area contributed by atoms with Gasteiger partial charge >= 0.3 is 5.97 Å². The largest absolute Gasteiger partial charge is 0.481 e. The van der Waals surface area contributed by atoms with E-state index in [0.29, 0.717) is 26.7 Å². The molecule has 1 aromatic heterocycles. The highest BCUT2D eigenvalue weighted by atomic mass is 35.5. The smallest absolute Gasteiger partial charge is 0.307 e. The standard InChI is InChI=1S/C13H8Cl2FNO2/c14-8-1-2-9(11(15)5-8)10-6-17-12(16)3-7(10)4-13(18)19/h1-3,5-6H,4H2,(H,18,19). The Bertz CT molecular complexity index is 647. The second-order valence-electron chi connectivity index (χ2n) is 3.86. The molecule has 0 unspecified atom stereocenters. The molecule has 98 valence electrons. The van der Waals surface area contributed by atoms with Crippen LogP contribution in [-0.2, 0) is 11.2 Å². The van der Waals surface area contributed by atoms with Crippen molar-refractivity contribution in [2.24, 2.45) is 0 Å². The van der Waals surface area contributed by atoms with Gasteiger partial charge in [-0.25, -0.2) is 4.98 Å². The number of carboxylic acid groups (broad SMARTS) is 1. The highest BCUT2D eigenvalue weighted by molar-refractivity contribution is 6.36. The van der Waals surface area contributed by atoms with E-state index in [0.717, 1.165) is 6.07 Å². The molecular formula is C13H8Cl2FNO2. The van der Waals surface area contributed by atoms with Crippen LogP contribution in [0, 0.1) is 5.95 Å². The molecule has 0 saturated carbocycles. The van der Waals surface area contributed by atoms with Crippen molar-refractivity contribution < 1.29 is 14.3 Å². The Kier molecular flexibility index (Phi) is 4.02. The van der Waals surface area contributed by atoms with Crippen LogP contribution in [0.25, 0.3) is 11.1 Å². The van der Waals surface area contributed by atoms with Crippen LogP contribution in [0.1, 0.15) is 5.56 Å². The van der Waals surface area contributed by atoms with Gasteiger partial charge in [-0.3, -0.25) is 4.79 Å². The first-order valence-corrected chi connectivity index (χ1v) is 6.04. The summed E-state index contributed by atoms with van der Waals surface area (Å²) >= 11 is 11.9. The van der Waals surface area contributed by atoms with E-state index in [1.54, 1.807) is 12.1 Å². The SMILES string of the molecule is O=C(O)Cc1cc(F)ncc1-c1ccc(Cl)cc1Cl. The maximum absolute atomic E-state index is 13.1. The molecule has 0 aliphatic rings. The minimum Gasteiger partial charge on any atom is -0.481 e. The molecule has 0 fully saturated rings. The number of hydrogen-bond acceptors (Lipinski definition) is 2. The second-order valence-corrected chi connectivity index (χ2v) is 4.70. The molecule has 1 N–H and O–H groups in total. The van der Waals surface area contributed by atoms with E-state index in [2.05, 4.69) is 4.98 Å².